The summed E-state index contributed by atoms with van der Waals surface area (Å²) in [6.07, 6.45) is 1.28. The molecule has 0 heterocycles. The van der Waals surface area contributed by atoms with E-state index in [9.17, 15) is 34.7 Å². The zero-order valence-electron chi connectivity index (χ0n) is 17.9. The van der Waals surface area contributed by atoms with Crippen LogP contribution in [0.5, 0.6) is 17.2 Å². The highest BCUT2D eigenvalue weighted by molar-refractivity contribution is 6.09. The first-order valence-corrected chi connectivity index (χ1v) is 9.69. The Balaban J connectivity index is 1.87. The number of hydrogen-bond acceptors (Lipinski definition) is 8. The summed E-state index contributed by atoms with van der Waals surface area (Å²) in [4.78, 5) is 33.1. The van der Waals surface area contributed by atoms with Gasteiger partial charge < -0.3 is 14.8 Å². The van der Waals surface area contributed by atoms with Crippen molar-refractivity contribution in [2.75, 3.05) is 12.4 Å². The van der Waals surface area contributed by atoms with Crippen LogP contribution in [-0.2, 0) is 4.79 Å². The number of ether oxygens (including phenoxy) is 2. The average molecular weight is 478 g/mol. The van der Waals surface area contributed by atoms with Crippen LogP contribution in [0.25, 0.3) is 6.08 Å². The van der Waals surface area contributed by atoms with Crippen LogP contribution >= 0.6 is 0 Å². The standard InChI is InChI=1S/C23H15FN4O7/c1-34-22-11-14(10-15(13-25)23(29)26-17-5-3-16(24)4-6-17)2-8-21(22)35-20-9-7-18(27(30)31)12-19(20)28(32)33/h2-12H,1H3,(H,26,29). The van der Waals surface area contributed by atoms with E-state index in [-0.39, 0.29) is 22.8 Å². The van der Waals surface area contributed by atoms with Gasteiger partial charge in [-0.25, -0.2) is 4.39 Å². The van der Waals surface area contributed by atoms with Crippen molar-refractivity contribution >= 4 is 29.0 Å². The van der Waals surface area contributed by atoms with Gasteiger partial charge in [0.05, 0.1) is 23.0 Å². The van der Waals surface area contributed by atoms with E-state index >= 15 is 0 Å². The molecular formula is C23H15FN4O7. The molecule has 1 amide bonds. The average Bonchev–Trinajstić information content (AvgIpc) is 2.84. The van der Waals surface area contributed by atoms with Gasteiger partial charge in [0, 0.05) is 11.8 Å². The molecule has 0 aliphatic rings. The van der Waals surface area contributed by atoms with E-state index in [1.54, 1.807) is 6.07 Å². The van der Waals surface area contributed by atoms with E-state index < -0.39 is 32.9 Å². The van der Waals surface area contributed by atoms with Crippen molar-refractivity contribution in [3.63, 3.8) is 0 Å². The first kappa shape index (κ1) is 24.3. The largest absolute Gasteiger partial charge is 0.493 e. The Morgan fingerprint density at radius 2 is 1.69 bits per heavy atom. The molecule has 0 aliphatic carbocycles. The van der Waals surface area contributed by atoms with Crippen LogP contribution in [0.3, 0.4) is 0 Å². The molecule has 176 valence electrons. The monoisotopic (exact) mass is 478 g/mol. The lowest BCUT2D eigenvalue weighted by molar-refractivity contribution is -0.394. The Morgan fingerprint density at radius 1 is 1.00 bits per heavy atom. The maximum atomic E-state index is 13.0. The van der Waals surface area contributed by atoms with Crippen LogP contribution in [0.2, 0.25) is 0 Å². The number of non-ortho nitro benzene ring substituents is 1. The molecule has 0 atom stereocenters. The topological polar surface area (TPSA) is 158 Å². The number of anilines is 1. The number of carbonyl (C=O) groups is 1. The lowest BCUT2D eigenvalue weighted by Crippen LogP contribution is -2.13. The molecule has 11 nitrogen and oxygen atoms in total. The van der Waals surface area contributed by atoms with Gasteiger partial charge in [-0.15, -0.1) is 0 Å². The summed E-state index contributed by atoms with van der Waals surface area (Å²) in [6, 6.07) is 14.0. The SMILES string of the molecule is COc1cc(C=C(C#N)C(=O)Nc2ccc(F)cc2)ccc1Oc1ccc([N+](=O)[O-])cc1[N+](=O)[O-]. The molecule has 3 rings (SSSR count). The minimum absolute atomic E-state index is 0.0517. The van der Waals surface area contributed by atoms with Crippen molar-refractivity contribution in [3.8, 4) is 23.3 Å². The molecule has 0 spiro atoms. The van der Waals surface area contributed by atoms with Gasteiger partial charge in [-0.2, -0.15) is 5.26 Å². The highest BCUT2D eigenvalue weighted by Gasteiger charge is 2.22. The second-order valence-corrected chi connectivity index (χ2v) is 6.81. The van der Waals surface area contributed by atoms with Gasteiger partial charge in [0.1, 0.15) is 17.5 Å². The van der Waals surface area contributed by atoms with E-state index in [1.165, 1.54) is 43.5 Å². The van der Waals surface area contributed by atoms with E-state index in [0.29, 0.717) is 11.3 Å². The lowest BCUT2D eigenvalue weighted by atomic mass is 10.1. The van der Waals surface area contributed by atoms with Crippen LogP contribution < -0.4 is 14.8 Å². The molecule has 0 saturated carbocycles. The molecule has 3 aromatic carbocycles. The minimum atomic E-state index is -0.815. The van der Waals surface area contributed by atoms with Crippen LogP contribution in [0.15, 0.2) is 66.2 Å². The summed E-state index contributed by atoms with van der Waals surface area (Å²) in [5.41, 5.74) is -0.674. The molecular weight excluding hydrogens is 463 g/mol. The molecule has 0 fully saturated rings. The van der Waals surface area contributed by atoms with Crippen molar-refractivity contribution in [1.29, 1.82) is 5.26 Å². The van der Waals surface area contributed by atoms with Crippen molar-refractivity contribution in [2.24, 2.45) is 0 Å². The van der Waals surface area contributed by atoms with E-state index in [2.05, 4.69) is 5.32 Å². The number of nitro benzene ring substituents is 2. The van der Waals surface area contributed by atoms with E-state index in [4.69, 9.17) is 9.47 Å². The number of halogens is 1. The summed E-state index contributed by atoms with van der Waals surface area (Å²) in [6.45, 7) is 0. The number of carbonyl (C=O) groups excluding carboxylic acids is 1. The molecule has 0 saturated heterocycles. The summed E-state index contributed by atoms with van der Waals surface area (Å²) in [5, 5.41) is 34.1. The number of hydrogen-bond donors (Lipinski definition) is 1. The number of nitro groups is 2. The van der Waals surface area contributed by atoms with Crippen molar-refractivity contribution in [3.05, 3.63) is 97.8 Å². The Bertz CT molecular complexity index is 1380. The van der Waals surface area contributed by atoms with Crippen molar-refractivity contribution in [1.82, 2.24) is 0 Å². The second kappa shape index (κ2) is 10.5. The third-order valence-corrected chi connectivity index (χ3v) is 4.54. The molecule has 3 aromatic rings. The number of amides is 1. The maximum absolute atomic E-state index is 13.0. The zero-order valence-corrected chi connectivity index (χ0v) is 17.9. The number of benzene rings is 3. The summed E-state index contributed by atoms with van der Waals surface area (Å²) in [7, 11) is 1.31. The molecule has 0 radical (unpaired) electrons. The van der Waals surface area contributed by atoms with E-state index in [0.717, 1.165) is 30.3 Å². The smallest absolute Gasteiger partial charge is 0.318 e. The van der Waals surface area contributed by atoms with Gasteiger partial charge in [-0.1, -0.05) is 6.07 Å². The first-order valence-electron chi connectivity index (χ1n) is 9.69. The number of methoxy groups -OCH3 is 1. The van der Waals surface area contributed by atoms with Gasteiger partial charge in [0.15, 0.2) is 11.5 Å². The predicted octanol–water partition coefficient (Wildman–Crippen LogP) is 4.99. The molecule has 0 bridgehead atoms. The number of nitrogens with zero attached hydrogens (tertiary/aromatic N) is 3. The summed E-state index contributed by atoms with van der Waals surface area (Å²) in [5.74, 6) is -1.29. The summed E-state index contributed by atoms with van der Waals surface area (Å²) >= 11 is 0. The van der Waals surface area contributed by atoms with Gasteiger partial charge in [0.2, 0.25) is 5.75 Å². The van der Waals surface area contributed by atoms with Crippen LogP contribution in [0.1, 0.15) is 5.56 Å². The molecule has 0 unspecified atom stereocenters. The second-order valence-electron chi connectivity index (χ2n) is 6.81. The number of rotatable bonds is 8. The Labute approximate surface area is 196 Å². The van der Waals surface area contributed by atoms with Crippen LogP contribution in [0, 0.1) is 37.4 Å². The fourth-order valence-corrected chi connectivity index (χ4v) is 2.87. The van der Waals surface area contributed by atoms with Crippen LogP contribution in [-0.4, -0.2) is 22.9 Å². The van der Waals surface area contributed by atoms with E-state index in [1.807, 2.05) is 0 Å². The summed E-state index contributed by atoms with van der Waals surface area (Å²) < 4.78 is 23.8. The molecule has 35 heavy (non-hydrogen) atoms. The molecule has 0 aliphatic heterocycles. The van der Waals surface area contributed by atoms with Gasteiger partial charge in [-0.3, -0.25) is 25.0 Å². The van der Waals surface area contributed by atoms with Crippen molar-refractivity contribution in [2.45, 2.75) is 0 Å². The number of nitriles is 1. The third kappa shape index (κ3) is 5.93. The predicted molar refractivity (Wildman–Crippen MR) is 121 cm³/mol. The Morgan fingerprint density at radius 3 is 2.29 bits per heavy atom. The first-order chi connectivity index (χ1) is 16.7. The quantitative estimate of drug-likeness (QED) is 0.205. The maximum Gasteiger partial charge on any atom is 0.318 e. The highest BCUT2D eigenvalue weighted by atomic mass is 19.1. The molecule has 12 heteroatoms. The van der Waals surface area contributed by atoms with Gasteiger partial charge in [0.25, 0.3) is 11.6 Å². The Hall–Kier alpha value is -5.31. The number of nitrogens with one attached hydrogen (secondary N) is 1. The zero-order chi connectivity index (χ0) is 25.5. The third-order valence-electron chi connectivity index (χ3n) is 4.54. The van der Waals surface area contributed by atoms with Crippen molar-refractivity contribution < 1.29 is 28.5 Å². The fourth-order valence-electron chi connectivity index (χ4n) is 2.87. The normalized spacial score (nSPS) is 10.7. The van der Waals surface area contributed by atoms with Gasteiger partial charge in [-0.05, 0) is 54.1 Å². The van der Waals surface area contributed by atoms with Gasteiger partial charge >= 0.3 is 5.69 Å². The fraction of sp³-hybridized carbons (Fsp3) is 0.0435. The van der Waals surface area contributed by atoms with Crippen LogP contribution in [0.4, 0.5) is 21.5 Å². The molecule has 1 N–H and O–H groups in total. The Kier molecular flexibility index (Phi) is 7.33. The molecule has 0 aromatic heterocycles. The lowest BCUT2D eigenvalue weighted by Gasteiger charge is -2.11. The minimum Gasteiger partial charge on any atom is -0.493 e. The highest BCUT2D eigenvalue weighted by Crippen LogP contribution is 2.38.